The number of esters is 1. The van der Waals surface area contributed by atoms with E-state index in [1.54, 1.807) is 27.8 Å². The van der Waals surface area contributed by atoms with Gasteiger partial charge >= 0.3 is 5.97 Å². The fourth-order valence-corrected chi connectivity index (χ4v) is 1.24. The Morgan fingerprint density at radius 2 is 1.93 bits per heavy atom. The van der Waals surface area contributed by atoms with Crippen LogP contribution < -0.4 is 5.32 Å². The van der Waals surface area contributed by atoms with Gasteiger partial charge in [0.1, 0.15) is 11.5 Å². The van der Waals surface area contributed by atoms with Crippen LogP contribution >= 0.6 is 12.6 Å². The Kier molecular flexibility index (Phi) is 5.90. The van der Waals surface area contributed by atoms with Crippen molar-refractivity contribution >= 4 is 23.7 Å². The fourth-order valence-electron chi connectivity index (χ4n) is 1.00. The number of carbonyl (C=O) groups is 2. The summed E-state index contributed by atoms with van der Waals surface area (Å²) in [7, 11) is 1.76. The minimum absolute atomic E-state index is 0.410. The van der Waals surface area contributed by atoms with E-state index in [9.17, 15) is 9.59 Å². The van der Waals surface area contributed by atoms with E-state index in [-0.39, 0.29) is 0 Å². The minimum atomic E-state index is -0.778. The maximum Gasteiger partial charge on any atom is 0.317 e. The van der Waals surface area contributed by atoms with Crippen molar-refractivity contribution in [2.75, 3.05) is 13.6 Å². The zero-order valence-electron chi connectivity index (χ0n) is 9.66. The third-order valence-electron chi connectivity index (χ3n) is 1.67. The smallest absolute Gasteiger partial charge is 0.317 e. The van der Waals surface area contributed by atoms with Gasteiger partial charge in [0, 0.05) is 0 Å². The molecule has 4 nitrogen and oxygen atoms in total. The van der Waals surface area contributed by atoms with E-state index in [2.05, 4.69) is 17.9 Å². The van der Waals surface area contributed by atoms with Crippen LogP contribution in [-0.4, -0.2) is 30.3 Å². The molecule has 0 radical (unpaired) electrons. The van der Waals surface area contributed by atoms with Crippen LogP contribution in [0.4, 0.5) is 0 Å². The summed E-state index contributed by atoms with van der Waals surface area (Å²) in [6, 6.07) is 0. The number of ether oxygens (including phenoxy) is 1. The Bertz CT molecular complexity index is 235. The van der Waals surface area contributed by atoms with Gasteiger partial charge < -0.3 is 10.1 Å². The average Bonchev–Trinajstić information content (AvgIpc) is 2.00. The highest BCUT2D eigenvalue weighted by molar-refractivity contribution is 7.96. The van der Waals surface area contributed by atoms with Gasteiger partial charge in [-0.05, 0) is 40.8 Å². The average molecular weight is 233 g/mol. The van der Waals surface area contributed by atoms with Crippen LogP contribution in [0, 0.1) is 5.92 Å². The van der Waals surface area contributed by atoms with Crippen molar-refractivity contribution in [3.05, 3.63) is 0 Å². The van der Waals surface area contributed by atoms with Gasteiger partial charge in [0.05, 0.1) is 0 Å². The first-order valence-corrected chi connectivity index (χ1v) is 5.33. The molecule has 0 fully saturated rings. The van der Waals surface area contributed by atoms with Crippen molar-refractivity contribution in [2.24, 2.45) is 5.92 Å². The van der Waals surface area contributed by atoms with Crippen molar-refractivity contribution in [3.8, 4) is 0 Å². The summed E-state index contributed by atoms with van der Waals surface area (Å²) in [4.78, 5) is 22.7. The van der Waals surface area contributed by atoms with Gasteiger partial charge in [0.25, 0.3) is 0 Å². The van der Waals surface area contributed by atoms with E-state index in [1.165, 1.54) is 0 Å². The van der Waals surface area contributed by atoms with E-state index >= 15 is 0 Å². The lowest BCUT2D eigenvalue weighted by molar-refractivity contribution is -0.161. The maximum atomic E-state index is 11.6. The number of carbonyl (C=O) groups excluding carboxylic acids is 2. The molecule has 0 saturated heterocycles. The number of hydrogen-bond acceptors (Lipinski definition) is 4. The summed E-state index contributed by atoms with van der Waals surface area (Å²) in [6.07, 6.45) is 0.410. The standard InChI is InChI=1S/C10H19NO3S/c1-10(2,3)14-8(12)7(9(13)15)5-6-11-4/h7,11H,5-6H2,1-4H3,(H,13,15). The van der Waals surface area contributed by atoms with Crippen LogP contribution in [0.15, 0.2) is 0 Å². The van der Waals surface area contributed by atoms with Gasteiger partial charge in [-0.25, -0.2) is 0 Å². The Morgan fingerprint density at radius 3 is 2.27 bits per heavy atom. The van der Waals surface area contributed by atoms with E-state index in [0.29, 0.717) is 13.0 Å². The quantitative estimate of drug-likeness (QED) is 0.423. The summed E-state index contributed by atoms with van der Waals surface area (Å²) in [6.45, 7) is 5.88. The predicted octanol–water partition coefficient (Wildman–Crippen LogP) is 1.01. The molecule has 0 aromatic heterocycles. The van der Waals surface area contributed by atoms with E-state index in [0.717, 1.165) is 0 Å². The molecule has 88 valence electrons. The van der Waals surface area contributed by atoms with Crippen molar-refractivity contribution < 1.29 is 14.3 Å². The molecule has 0 aliphatic carbocycles. The number of nitrogens with one attached hydrogen (secondary N) is 1. The van der Waals surface area contributed by atoms with Gasteiger partial charge in [-0.3, -0.25) is 9.59 Å². The lowest BCUT2D eigenvalue weighted by atomic mass is 10.1. The summed E-state index contributed by atoms with van der Waals surface area (Å²) in [5, 5.41) is 2.43. The lowest BCUT2D eigenvalue weighted by Crippen LogP contribution is -2.32. The van der Waals surface area contributed by atoms with Crippen molar-refractivity contribution in [3.63, 3.8) is 0 Å². The van der Waals surface area contributed by atoms with E-state index in [4.69, 9.17) is 4.74 Å². The highest BCUT2D eigenvalue weighted by Crippen LogP contribution is 2.15. The largest absolute Gasteiger partial charge is 0.459 e. The Morgan fingerprint density at radius 1 is 1.40 bits per heavy atom. The second-order valence-corrected chi connectivity index (χ2v) is 4.76. The second kappa shape index (κ2) is 6.12. The topological polar surface area (TPSA) is 55.4 Å². The van der Waals surface area contributed by atoms with Crippen LogP contribution in [0.3, 0.4) is 0 Å². The molecule has 0 amide bonds. The molecule has 0 aromatic rings. The first-order chi connectivity index (χ1) is 6.78. The molecule has 0 saturated carbocycles. The Labute approximate surface area is 96.2 Å². The van der Waals surface area contributed by atoms with Gasteiger partial charge in [-0.1, -0.05) is 0 Å². The molecule has 1 atom stereocenters. The van der Waals surface area contributed by atoms with Gasteiger partial charge in [-0.2, -0.15) is 0 Å². The molecule has 0 heterocycles. The van der Waals surface area contributed by atoms with Gasteiger partial charge in [-0.15, -0.1) is 12.6 Å². The predicted molar refractivity (Wildman–Crippen MR) is 61.9 cm³/mol. The van der Waals surface area contributed by atoms with Crippen molar-refractivity contribution in [2.45, 2.75) is 32.8 Å². The molecule has 0 aliphatic heterocycles. The number of thiol groups is 1. The molecular weight excluding hydrogens is 214 g/mol. The summed E-state index contributed by atoms with van der Waals surface area (Å²) < 4.78 is 5.12. The Balaban J connectivity index is 4.36. The SMILES string of the molecule is CNCCC(C(=O)S)C(=O)OC(C)(C)C. The van der Waals surface area contributed by atoms with Crippen molar-refractivity contribution in [1.29, 1.82) is 0 Å². The minimum Gasteiger partial charge on any atom is -0.459 e. The molecule has 0 rings (SSSR count). The molecule has 0 bridgehead atoms. The highest BCUT2D eigenvalue weighted by atomic mass is 32.1. The normalized spacial score (nSPS) is 13.4. The molecule has 1 unspecified atom stereocenters. The van der Waals surface area contributed by atoms with E-state index < -0.39 is 22.6 Å². The van der Waals surface area contributed by atoms with Crippen LogP contribution in [0.2, 0.25) is 0 Å². The third kappa shape index (κ3) is 6.52. The monoisotopic (exact) mass is 233 g/mol. The van der Waals surface area contributed by atoms with Crippen molar-refractivity contribution in [1.82, 2.24) is 5.32 Å². The van der Waals surface area contributed by atoms with Crippen LogP contribution in [0.25, 0.3) is 0 Å². The second-order valence-electron chi connectivity index (χ2n) is 4.32. The summed E-state index contributed by atoms with van der Waals surface area (Å²) >= 11 is 3.69. The number of rotatable bonds is 5. The van der Waals surface area contributed by atoms with Crippen LogP contribution in [0.5, 0.6) is 0 Å². The zero-order chi connectivity index (χ0) is 12.1. The van der Waals surface area contributed by atoms with Gasteiger partial charge in [0.2, 0.25) is 0 Å². The fraction of sp³-hybridized carbons (Fsp3) is 0.800. The first kappa shape index (κ1) is 14.5. The molecule has 0 spiro atoms. The van der Waals surface area contributed by atoms with Crippen LogP contribution in [0.1, 0.15) is 27.2 Å². The summed E-state index contributed by atoms with van der Waals surface area (Å²) in [5.74, 6) is -1.28. The van der Waals surface area contributed by atoms with Crippen LogP contribution in [-0.2, 0) is 14.3 Å². The van der Waals surface area contributed by atoms with E-state index in [1.807, 2.05) is 0 Å². The number of hydrogen-bond donors (Lipinski definition) is 2. The molecule has 0 aliphatic rings. The zero-order valence-corrected chi connectivity index (χ0v) is 10.6. The molecular formula is C10H19NO3S. The summed E-state index contributed by atoms with van der Waals surface area (Å²) in [5.41, 5.74) is -0.571. The third-order valence-corrected chi connectivity index (χ3v) is 1.98. The molecule has 0 aromatic carbocycles. The first-order valence-electron chi connectivity index (χ1n) is 4.88. The molecule has 15 heavy (non-hydrogen) atoms. The highest BCUT2D eigenvalue weighted by Gasteiger charge is 2.28. The lowest BCUT2D eigenvalue weighted by Gasteiger charge is -2.22. The Hall–Kier alpha value is -0.550. The maximum absolute atomic E-state index is 11.6. The molecule has 1 N–H and O–H groups in total. The van der Waals surface area contributed by atoms with Gasteiger partial charge in [0.15, 0.2) is 5.12 Å². The molecule has 5 heteroatoms.